The highest BCUT2D eigenvalue weighted by molar-refractivity contribution is 5.37. The van der Waals surface area contributed by atoms with Crippen LogP contribution < -0.4 is 16.0 Å². The number of hydrogen-bond donors (Lipinski definition) is 2. The Bertz CT molecular complexity index is 440. The highest BCUT2D eigenvalue weighted by atomic mass is 19.4. The molecule has 0 radical (unpaired) electrons. The maximum absolute atomic E-state index is 12.5. The molecule has 1 unspecified atom stereocenters. The molecule has 0 bridgehead atoms. The summed E-state index contributed by atoms with van der Waals surface area (Å²) in [6, 6.07) is 5.29. The molecule has 4 nitrogen and oxygen atoms in total. The van der Waals surface area contributed by atoms with Crippen LogP contribution in [-0.4, -0.2) is 19.1 Å². The molecule has 0 aliphatic carbocycles. The van der Waals surface area contributed by atoms with Gasteiger partial charge in [0.1, 0.15) is 5.75 Å². The summed E-state index contributed by atoms with van der Waals surface area (Å²) in [4.78, 5) is 0. The fraction of sp³-hybridized carbons (Fsp3) is 0.571. The highest BCUT2D eigenvalue weighted by Gasteiger charge is 2.40. The molecule has 120 valence electrons. The van der Waals surface area contributed by atoms with Crippen molar-refractivity contribution in [1.29, 1.82) is 0 Å². The van der Waals surface area contributed by atoms with Crippen molar-refractivity contribution in [2.75, 3.05) is 7.11 Å². The van der Waals surface area contributed by atoms with Crippen molar-refractivity contribution in [3.05, 3.63) is 29.8 Å². The van der Waals surface area contributed by atoms with Gasteiger partial charge in [-0.05, 0) is 18.9 Å². The van der Waals surface area contributed by atoms with E-state index >= 15 is 0 Å². The largest absolute Gasteiger partial charge is 0.573 e. The lowest BCUT2D eigenvalue weighted by atomic mass is 9.84. The first-order valence-corrected chi connectivity index (χ1v) is 6.69. The molecule has 0 amide bonds. The molecule has 0 saturated heterocycles. The van der Waals surface area contributed by atoms with Gasteiger partial charge in [0, 0.05) is 12.7 Å². The van der Waals surface area contributed by atoms with Crippen LogP contribution in [0.5, 0.6) is 5.75 Å². The van der Waals surface area contributed by atoms with Crippen molar-refractivity contribution in [3.8, 4) is 5.75 Å². The number of methoxy groups -OCH3 is 1. The van der Waals surface area contributed by atoms with Gasteiger partial charge >= 0.3 is 6.36 Å². The molecule has 0 aromatic heterocycles. The zero-order valence-corrected chi connectivity index (χ0v) is 12.3. The van der Waals surface area contributed by atoms with Crippen molar-refractivity contribution >= 4 is 0 Å². The number of rotatable bonds is 7. The third-order valence-corrected chi connectivity index (χ3v) is 3.75. The summed E-state index contributed by atoms with van der Waals surface area (Å²) in [6.45, 7) is 3.79. The second kappa shape index (κ2) is 7.11. The molecule has 0 heterocycles. The number of nitrogens with one attached hydrogen (secondary N) is 1. The van der Waals surface area contributed by atoms with E-state index in [0.717, 1.165) is 0 Å². The van der Waals surface area contributed by atoms with Crippen LogP contribution in [0.15, 0.2) is 24.3 Å². The quantitative estimate of drug-likeness (QED) is 0.599. The summed E-state index contributed by atoms with van der Waals surface area (Å²) in [7, 11) is 1.52. The topological polar surface area (TPSA) is 56.5 Å². The minimum Gasteiger partial charge on any atom is -0.405 e. The lowest BCUT2D eigenvalue weighted by Gasteiger charge is -2.38. The second-order valence-corrected chi connectivity index (χ2v) is 4.66. The SMILES string of the molecule is CCC(CC)(OC)C(NN)c1ccccc1OC(F)(F)F. The Morgan fingerprint density at radius 2 is 1.76 bits per heavy atom. The van der Waals surface area contributed by atoms with Gasteiger partial charge in [-0.2, -0.15) is 0 Å². The van der Waals surface area contributed by atoms with E-state index in [9.17, 15) is 13.2 Å². The maximum Gasteiger partial charge on any atom is 0.573 e. The van der Waals surface area contributed by atoms with E-state index in [1.54, 1.807) is 12.1 Å². The fourth-order valence-corrected chi connectivity index (χ4v) is 2.53. The first-order chi connectivity index (χ1) is 9.83. The molecular formula is C14H21F3N2O2. The number of para-hydroxylation sites is 1. The van der Waals surface area contributed by atoms with Crippen molar-refractivity contribution in [1.82, 2.24) is 5.43 Å². The molecule has 3 N–H and O–H groups in total. The number of nitrogens with two attached hydrogens (primary N) is 1. The van der Waals surface area contributed by atoms with Gasteiger partial charge in [-0.15, -0.1) is 13.2 Å². The zero-order chi connectivity index (χ0) is 16.1. The van der Waals surface area contributed by atoms with Crippen LogP contribution in [0.3, 0.4) is 0 Å². The number of hydrazine groups is 1. The number of hydrogen-bond acceptors (Lipinski definition) is 4. The first kappa shape index (κ1) is 17.7. The van der Waals surface area contributed by atoms with Crippen molar-refractivity contribution < 1.29 is 22.6 Å². The molecule has 0 fully saturated rings. The Kier molecular flexibility index (Phi) is 6.00. The number of halogens is 3. The number of alkyl halides is 3. The number of benzene rings is 1. The summed E-state index contributed by atoms with van der Waals surface area (Å²) < 4.78 is 47.2. The van der Waals surface area contributed by atoms with E-state index < -0.39 is 18.0 Å². The van der Waals surface area contributed by atoms with E-state index in [1.165, 1.54) is 19.2 Å². The second-order valence-electron chi connectivity index (χ2n) is 4.66. The molecule has 0 aliphatic rings. The van der Waals surface area contributed by atoms with Gasteiger partial charge in [0.2, 0.25) is 0 Å². The molecule has 0 spiro atoms. The van der Waals surface area contributed by atoms with Gasteiger partial charge in [-0.3, -0.25) is 5.84 Å². The summed E-state index contributed by atoms with van der Waals surface area (Å²) in [5.41, 5.74) is 2.15. The lowest BCUT2D eigenvalue weighted by Crippen LogP contribution is -2.47. The van der Waals surface area contributed by atoms with Crippen LogP contribution in [0, 0.1) is 0 Å². The van der Waals surface area contributed by atoms with Crippen LogP contribution in [0.1, 0.15) is 38.3 Å². The molecule has 7 heteroatoms. The Balaban J connectivity index is 3.28. The van der Waals surface area contributed by atoms with Crippen molar-refractivity contribution in [2.45, 2.75) is 44.7 Å². The third kappa shape index (κ3) is 4.09. The predicted molar refractivity (Wildman–Crippen MR) is 73.5 cm³/mol. The minimum atomic E-state index is -4.76. The Morgan fingerprint density at radius 3 is 2.19 bits per heavy atom. The van der Waals surface area contributed by atoms with Crippen molar-refractivity contribution in [2.24, 2.45) is 5.84 Å². The molecular weight excluding hydrogens is 285 g/mol. The molecule has 21 heavy (non-hydrogen) atoms. The zero-order valence-electron chi connectivity index (χ0n) is 12.3. The maximum atomic E-state index is 12.5. The van der Waals surface area contributed by atoms with E-state index in [1.807, 2.05) is 13.8 Å². The Hall–Kier alpha value is -1.31. The highest BCUT2D eigenvalue weighted by Crippen LogP contribution is 2.39. The average Bonchev–Trinajstić information content (AvgIpc) is 2.44. The summed E-state index contributed by atoms with van der Waals surface area (Å²) in [5, 5.41) is 0. The molecule has 0 aliphatic heterocycles. The van der Waals surface area contributed by atoms with E-state index in [0.29, 0.717) is 18.4 Å². The van der Waals surface area contributed by atoms with Crippen LogP contribution in [-0.2, 0) is 4.74 Å². The monoisotopic (exact) mass is 306 g/mol. The van der Waals surface area contributed by atoms with E-state index in [2.05, 4.69) is 10.2 Å². The normalized spacial score (nSPS) is 14.0. The Morgan fingerprint density at radius 1 is 1.19 bits per heavy atom. The predicted octanol–water partition coefficient (Wildman–Crippen LogP) is 3.29. The van der Waals surface area contributed by atoms with Gasteiger partial charge in [0.05, 0.1) is 11.6 Å². The molecule has 0 saturated carbocycles. The lowest BCUT2D eigenvalue weighted by molar-refractivity contribution is -0.275. The smallest absolute Gasteiger partial charge is 0.405 e. The summed E-state index contributed by atoms with van der Waals surface area (Å²) in [6.07, 6.45) is -3.60. The minimum absolute atomic E-state index is 0.281. The van der Waals surface area contributed by atoms with Gasteiger partial charge in [-0.25, -0.2) is 5.43 Å². The van der Waals surface area contributed by atoms with Crippen LogP contribution in [0.25, 0.3) is 0 Å². The Labute approximate surface area is 122 Å². The van der Waals surface area contributed by atoms with E-state index in [4.69, 9.17) is 10.6 Å². The van der Waals surface area contributed by atoms with E-state index in [-0.39, 0.29) is 5.75 Å². The fourth-order valence-electron chi connectivity index (χ4n) is 2.53. The summed E-state index contributed by atoms with van der Waals surface area (Å²) >= 11 is 0. The average molecular weight is 306 g/mol. The standard InChI is InChI=1S/C14H21F3N2O2/c1-4-13(5-2,20-3)12(19-18)10-8-6-7-9-11(10)21-14(15,16)17/h6-9,12,19H,4-5,18H2,1-3H3. The van der Waals surface area contributed by atoms with Gasteiger partial charge in [-0.1, -0.05) is 32.0 Å². The van der Waals surface area contributed by atoms with Crippen LogP contribution >= 0.6 is 0 Å². The summed E-state index contributed by atoms with van der Waals surface area (Å²) in [5.74, 6) is 5.30. The molecule has 1 rings (SSSR count). The first-order valence-electron chi connectivity index (χ1n) is 6.69. The van der Waals surface area contributed by atoms with Crippen LogP contribution in [0.4, 0.5) is 13.2 Å². The number of ether oxygens (including phenoxy) is 2. The van der Waals surface area contributed by atoms with Crippen LogP contribution in [0.2, 0.25) is 0 Å². The van der Waals surface area contributed by atoms with Gasteiger partial charge < -0.3 is 9.47 Å². The van der Waals surface area contributed by atoms with Gasteiger partial charge in [0.25, 0.3) is 0 Å². The van der Waals surface area contributed by atoms with Crippen molar-refractivity contribution in [3.63, 3.8) is 0 Å². The van der Waals surface area contributed by atoms with Gasteiger partial charge in [0.15, 0.2) is 0 Å². The molecule has 1 atom stereocenters. The third-order valence-electron chi connectivity index (χ3n) is 3.75. The molecule has 1 aromatic rings. The molecule has 1 aromatic carbocycles.